The highest BCUT2D eigenvalue weighted by Crippen LogP contribution is 2.21. The molecule has 104 valence electrons. The molecule has 1 aromatic carbocycles. The maximum atomic E-state index is 12.1. The minimum atomic E-state index is -3.47. The monoisotopic (exact) mass is 282 g/mol. The summed E-state index contributed by atoms with van der Waals surface area (Å²) in [5.41, 5.74) is 0.622. The van der Waals surface area contributed by atoms with Crippen LogP contribution < -0.4 is 5.32 Å². The Morgan fingerprint density at radius 3 is 2.47 bits per heavy atom. The number of carbonyl (C=O) groups excluding carboxylic acids is 1. The molecule has 0 radical (unpaired) electrons. The Kier molecular flexibility index (Phi) is 5.26. The molecule has 1 atom stereocenters. The topological polar surface area (TPSA) is 66.5 Å². The van der Waals surface area contributed by atoms with Crippen molar-refractivity contribution in [3.05, 3.63) is 48.6 Å². The molecule has 0 heterocycles. The summed E-state index contributed by atoms with van der Waals surface area (Å²) in [6.45, 7) is 3.80. The molecule has 0 aliphatic rings. The van der Waals surface area contributed by atoms with E-state index < -0.39 is 16.1 Å². The van der Waals surface area contributed by atoms with Gasteiger partial charge in [0.15, 0.2) is 0 Å². The third-order valence-electron chi connectivity index (χ3n) is 2.67. The maximum Gasteiger partial charge on any atom is 0.243 e. The highest BCUT2D eigenvalue weighted by molar-refractivity contribution is 7.88. The van der Waals surface area contributed by atoms with Gasteiger partial charge in [0.1, 0.15) is 6.04 Å². The fourth-order valence-electron chi connectivity index (χ4n) is 1.62. The second kappa shape index (κ2) is 6.49. The van der Waals surface area contributed by atoms with Gasteiger partial charge in [-0.3, -0.25) is 4.79 Å². The Balaban J connectivity index is 3.11. The zero-order chi connectivity index (χ0) is 14.5. The zero-order valence-corrected chi connectivity index (χ0v) is 11.9. The molecule has 5 nitrogen and oxygen atoms in total. The van der Waals surface area contributed by atoms with Crippen LogP contribution in [0.1, 0.15) is 11.6 Å². The van der Waals surface area contributed by atoms with Crippen LogP contribution in [0.3, 0.4) is 0 Å². The molecular weight excluding hydrogens is 264 g/mol. The summed E-state index contributed by atoms with van der Waals surface area (Å²) in [5, 5.41) is 2.62. The average molecular weight is 282 g/mol. The van der Waals surface area contributed by atoms with Crippen molar-refractivity contribution in [2.24, 2.45) is 0 Å². The number of carbonyl (C=O) groups is 1. The molecule has 1 N–H and O–H groups in total. The molecule has 6 heteroatoms. The lowest BCUT2D eigenvalue weighted by Crippen LogP contribution is -2.41. The first-order valence-corrected chi connectivity index (χ1v) is 7.59. The smallest absolute Gasteiger partial charge is 0.243 e. The molecule has 0 saturated carbocycles. The summed E-state index contributed by atoms with van der Waals surface area (Å²) in [4.78, 5) is 12.1. The van der Waals surface area contributed by atoms with Gasteiger partial charge in [0, 0.05) is 13.6 Å². The van der Waals surface area contributed by atoms with Gasteiger partial charge in [-0.25, -0.2) is 8.42 Å². The Bertz CT molecular complexity index is 540. The Morgan fingerprint density at radius 1 is 1.42 bits per heavy atom. The summed E-state index contributed by atoms with van der Waals surface area (Å²) in [6.07, 6.45) is 2.62. The van der Waals surface area contributed by atoms with Crippen LogP contribution >= 0.6 is 0 Å². The molecule has 0 saturated heterocycles. The van der Waals surface area contributed by atoms with Gasteiger partial charge in [-0.1, -0.05) is 36.4 Å². The Morgan fingerprint density at radius 2 is 2.00 bits per heavy atom. The third-order valence-corrected chi connectivity index (χ3v) is 3.93. The lowest BCUT2D eigenvalue weighted by molar-refractivity contribution is -0.124. The maximum absolute atomic E-state index is 12.1. The SMILES string of the molecule is C=CCNC(=O)[C@@H](c1ccccc1)N(C)S(C)(=O)=O. The molecule has 0 fully saturated rings. The van der Waals surface area contributed by atoms with E-state index in [0.29, 0.717) is 12.1 Å². The number of likely N-dealkylation sites (N-methyl/N-ethyl adjacent to an activating group) is 1. The van der Waals surface area contributed by atoms with Crippen molar-refractivity contribution in [1.29, 1.82) is 0 Å². The lowest BCUT2D eigenvalue weighted by Gasteiger charge is -2.25. The number of amides is 1. The fraction of sp³-hybridized carbons (Fsp3) is 0.308. The van der Waals surface area contributed by atoms with Gasteiger partial charge in [0.2, 0.25) is 15.9 Å². The summed E-state index contributed by atoms with van der Waals surface area (Å²) in [5.74, 6) is -0.376. The molecule has 0 aliphatic carbocycles. The molecule has 0 bridgehead atoms. The first kappa shape index (κ1) is 15.4. The van der Waals surface area contributed by atoms with Crippen molar-refractivity contribution >= 4 is 15.9 Å². The predicted molar refractivity (Wildman–Crippen MR) is 75.0 cm³/mol. The van der Waals surface area contributed by atoms with Crippen LogP contribution in [0.25, 0.3) is 0 Å². The van der Waals surface area contributed by atoms with Gasteiger partial charge < -0.3 is 5.32 Å². The van der Waals surface area contributed by atoms with E-state index in [-0.39, 0.29) is 5.91 Å². The van der Waals surface area contributed by atoms with E-state index in [2.05, 4.69) is 11.9 Å². The van der Waals surface area contributed by atoms with Crippen LogP contribution in [0.5, 0.6) is 0 Å². The first-order chi connectivity index (χ1) is 8.88. The van der Waals surface area contributed by atoms with Crippen LogP contribution in [0.15, 0.2) is 43.0 Å². The van der Waals surface area contributed by atoms with Gasteiger partial charge in [-0.2, -0.15) is 4.31 Å². The van der Waals surface area contributed by atoms with E-state index in [1.54, 1.807) is 30.3 Å². The van der Waals surface area contributed by atoms with Gasteiger partial charge in [-0.05, 0) is 5.56 Å². The normalized spacial score (nSPS) is 13.0. The quantitative estimate of drug-likeness (QED) is 0.789. The number of hydrogen-bond donors (Lipinski definition) is 1. The molecule has 0 spiro atoms. The van der Waals surface area contributed by atoms with E-state index in [9.17, 15) is 13.2 Å². The molecule has 0 aliphatic heterocycles. The number of sulfonamides is 1. The fourth-order valence-corrected chi connectivity index (χ4v) is 2.22. The molecule has 1 amide bonds. The largest absolute Gasteiger partial charge is 0.351 e. The highest BCUT2D eigenvalue weighted by atomic mass is 32.2. The van der Waals surface area contributed by atoms with Crippen molar-refractivity contribution in [3.63, 3.8) is 0 Å². The van der Waals surface area contributed by atoms with Crippen LogP contribution in [-0.2, 0) is 14.8 Å². The third kappa shape index (κ3) is 4.18. The minimum Gasteiger partial charge on any atom is -0.351 e. The van der Waals surface area contributed by atoms with Gasteiger partial charge >= 0.3 is 0 Å². The van der Waals surface area contributed by atoms with E-state index in [4.69, 9.17) is 0 Å². The van der Waals surface area contributed by atoms with Gasteiger partial charge in [0.25, 0.3) is 0 Å². The summed E-state index contributed by atoms with van der Waals surface area (Å²) >= 11 is 0. The van der Waals surface area contributed by atoms with Crippen molar-refractivity contribution in [2.75, 3.05) is 19.8 Å². The molecule has 0 aromatic heterocycles. The van der Waals surface area contributed by atoms with Crippen molar-refractivity contribution < 1.29 is 13.2 Å². The number of hydrogen-bond acceptors (Lipinski definition) is 3. The first-order valence-electron chi connectivity index (χ1n) is 5.74. The van der Waals surface area contributed by atoms with E-state index in [0.717, 1.165) is 10.6 Å². The van der Waals surface area contributed by atoms with Crippen LogP contribution in [0.4, 0.5) is 0 Å². The average Bonchev–Trinajstić information content (AvgIpc) is 2.36. The molecule has 1 aromatic rings. The van der Waals surface area contributed by atoms with Crippen LogP contribution in [0.2, 0.25) is 0 Å². The number of rotatable bonds is 6. The summed E-state index contributed by atoms with van der Waals surface area (Å²) < 4.78 is 24.4. The van der Waals surface area contributed by atoms with Gasteiger partial charge in [-0.15, -0.1) is 6.58 Å². The lowest BCUT2D eigenvalue weighted by atomic mass is 10.1. The minimum absolute atomic E-state index is 0.291. The Hall–Kier alpha value is -1.66. The number of nitrogens with one attached hydrogen (secondary N) is 1. The van der Waals surface area contributed by atoms with Gasteiger partial charge in [0.05, 0.1) is 6.26 Å². The van der Waals surface area contributed by atoms with Crippen molar-refractivity contribution in [2.45, 2.75) is 6.04 Å². The second-order valence-corrected chi connectivity index (χ2v) is 6.17. The standard InChI is InChI=1S/C13H18N2O3S/c1-4-10-14-13(16)12(15(2)19(3,17)18)11-8-6-5-7-9-11/h4-9,12H,1,10H2,2-3H3,(H,14,16)/t12-/m1/s1. The van der Waals surface area contributed by atoms with Crippen molar-refractivity contribution in [1.82, 2.24) is 9.62 Å². The summed E-state index contributed by atoms with van der Waals surface area (Å²) in [6, 6.07) is 7.90. The zero-order valence-electron chi connectivity index (χ0n) is 11.0. The second-order valence-electron chi connectivity index (χ2n) is 4.13. The summed E-state index contributed by atoms with van der Waals surface area (Å²) in [7, 11) is -2.08. The highest BCUT2D eigenvalue weighted by Gasteiger charge is 2.30. The number of nitrogens with zero attached hydrogens (tertiary/aromatic N) is 1. The van der Waals surface area contributed by atoms with E-state index >= 15 is 0 Å². The molecule has 19 heavy (non-hydrogen) atoms. The number of benzene rings is 1. The van der Waals surface area contributed by atoms with Crippen LogP contribution in [0, 0.1) is 0 Å². The Labute approximate surface area is 114 Å². The van der Waals surface area contributed by atoms with E-state index in [1.165, 1.54) is 7.05 Å². The van der Waals surface area contributed by atoms with Crippen LogP contribution in [-0.4, -0.2) is 38.5 Å². The molecule has 0 unspecified atom stereocenters. The van der Waals surface area contributed by atoms with E-state index in [1.807, 2.05) is 6.07 Å². The van der Waals surface area contributed by atoms with Crippen molar-refractivity contribution in [3.8, 4) is 0 Å². The predicted octanol–water partition coefficient (Wildman–Crippen LogP) is 0.921. The molecular formula is C13H18N2O3S. The molecule has 1 rings (SSSR count).